The number of likely N-dealkylation sites (tertiary alicyclic amines) is 1. The highest BCUT2D eigenvalue weighted by Gasteiger charge is 2.23. The van der Waals surface area contributed by atoms with Crippen molar-refractivity contribution in [2.45, 2.75) is 13.0 Å². The van der Waals surface area contributed by atoms with Crippen LogP contribution in [0.3, 0.4) is 0 Å². The monoisotopic (exact) mass is 330 g/mol. The number of halogens is 1. The van der Waals surface area contributed by atoms with Crippen molar-refractivity contribution in [3.05, 3.63) is 64.1 Å². The third-order valence-electron chi connectivity index (χ3n) is 4.18. The lowest BCUT2D eigenvalue weighted by molar-refractivity contribution is 0.0942. The van der Waals surface area contributed by atoms with E-state index in [4.69, 9.17) is 0 Å². The maximum Gasteiger partial charge on any atom is 0.271 e. The Morgan fingerprint density at radius 3 is 3.00 bits per heavy atom. The van der Waals surface area contributed by atoms with Crippen LogP contribution in [0, 0.1) is 11.7 Å². The number of carbonyl (C=O) groups is 1. The van der Waals surface area contributed by atoms with E-state index in [0.29, 0.717) is 24.6 Å². The van der Waals surface area contributed by atoms with Gasteiger partial charge in [-0.3, -0.25) is 14.5 Å². The molecular formula is C17H19FN4O2. The van der Waals surface area contributed by atoms with Crippen molar-refractivity contribution in [3.8, 4) is 0 Å². The van der Waals surface area contributed by atoms with E-state index in [2.05, 4.69) is 20.2 Å². The second-order valence-corrected chi connectivity index (χ2v) is 5.99. The third-order valence-corrected chi connectivity index (χ3v) is 4.18. The molecule has 0 radical (unpaired) electrons. The zero-order valence-electron chi connectivity index (χ0n) is 13.2. The average Bonchev–Trinajstić information content (AvgIpc) is 3.03. The largest absolute Gasteiger partial charge is 0.350 e. The van der Waals surface area contributed by atoms with E-state index in [9.17, 15) is 14.0 Å². The summed E-state index contributed by atoms with van der Waals surface area (Å²) < 4.78 is 13.7. The van der Waals surface area contributed by atoms with E-state index >= 15 is 0 Å². The maximum atomic E-state index is 13.7. The lowest BCUT2D eigenvalue weighted by Crippen LogP contribution is -2.32. The minimum atomic E-state index is -0.342. The van der Waals surface area contributed by atoms with Gasteiger partial charge in [-0.15, -0.1) is 0 Å². The molecule has 2 N–H and O–H groups in total. The SMILES string of the molecule is O=C(NC[C@@H]1CCN(Cc2ccccc2F)C1)c1c[nH]c(=O)cn1. The fourth-order valence-electron chi connectivity index (χ4n) is 2.88. The maximum absolute atomic E-state index is 13.7. The summed E-state index contributed by atoms with van der Waals surface area (Å²) in [5, 5.41) is 2.83. The Labute approximate surface area is 138 Å². The van der Waals surface area contributed by atoms with E-state index in [1.54, 1.807) is 12.1 Å². The van der Waals surface area contributed by atoms with Crippen LogP contribution in [0.2, 0.25) is 0 Å². The minimum Gasteiger partial charge on any atom is -0.350 e. The van der Waals surface area contributed by atoms with Gasteiger partial charge in [-0.2, -0.15) is 0 Å². The number of hydrogen-bond acceptors (Lipinski definition) is 4. The number of carbonyl (C=O) groups excluding carboxylic acids is 1. The van der Waals surface area contributed by atoms with E-state index < -0.39 is 0 Å². The highest BCUT2D eigenvalue weighted by molar-refractivity contribution is 5.91. The van der Waals surface area contributed by atoms with Crippen LogP contribution in [0.25, 0.3) is 0 Å². The molecule has 0 saturated carbocycles. The zero-order chi connectivity index (χ0) is 16.9. The van der Waals surface area contributed by atoms with Crippen molar-refractivity contribution in [1.82, 2.24) is 20.2 Å². The predicted molar refractivity (Wildman–Crippen MR) is 87.0 cm³/mol. The number of amides is 1. The van der Waals surface area contributed by atoms with Crippen LogP contribution in [0.5, 0.6) is 0 Å². The molecule has 1 aromatic heterocycles. The number of aromatic amines is 1. The number of H-pyrrole nitrogens is 1. The lowest BCUT2D eigenvalue weighted by Gasteiger charge is -2.16. The molecule has 1 aromatic carbocycles. The van der Waals surface area contributed by atoms with Crippen molar-refractivity contribution in [3.63, 3.8) is 0 Å². The quantitative estimate of drug-likeness (QED) is 0.862. The Kier molecular flexibility index (Phi) is 5.00. The number of aromatic nitrogens is 2. The summed E-state index contributed by atoms with van der Waals surface area (Å²) in [7, 11) is 0. The van der Waals surface area contributed by atoms with Crippen molar-refractivity contribution >= 4 is 5.91 Å². The van der Waals surface area contributed by atoms with Crippen LogP contribution in [0.4, 0.5) is 4.39 Å². The highest BCUT2D eigenvalue weighted by atomic mass is 19.1. The zero-order valence-corrected chi connectivity index (χ0v) is 13.2. The third kappa shape index (κ3) is 4.05. The lowest BCUT2D eigenvalue weighted by atomic mass is 10.1. The number of nitrogens with one attached hydrogen (secondary N) is 2. The molecule has 0 aliphatic carbocycles. The number of nitrogens with zero attached hydrogens (tertiary/aromatic N) is 2. The number of benzene rings is 1. The molecule has 6 nitrogen and oxygen atoms in total. The molecule has 1 atom stereocenters. The van der Waals surface area contributed by atoms with Crippen LogP contribution in [0.1, 0.15) is 22.5 Å². The molecule has 2 heterocycles. The summed E-state index contributed by atoms with van der Waals surface area (Å²) in [5.74, 6) is -0.166. The van der Waals surface area contributed by atoms with Crippen LogP contribution >= 0.6 is 0 Å². The van der Waals surface area contributed by atoms with Gasteiger partial charge in [-0.1, -0.05) is 18.2 Å². The number of hydrogen-bond donors (Lipinski definition) is 2. The molecule has 24 heavy (non-hydrogen) atoms. The van der Waals surface area contributed by atoms with Gasteiger partial charge in [-0.25, -0.2) is 9.37 Å². The van der Waals surface area contributed by atoms with Crippen LogP contribution < -0.4 is 10.9 Å². The smallest absolute Gasteiger partial charge is 0.271 e. The van der Waals surface area contributed by atoms with Gasteiger partial charge in [-0.05, 0) is 24.9 Å². The van der Waals surface area contributed by atoms with Gasteiger partial charge >= 0.3 is 0 Å². The molecule has 0 bridgehead atoms. The van der Waals surface area contributed by atoms with E-state index in [-0.39, 0.29) is 23.0 Å². The first-order valence-electron chi connectivity index (χ1n) is 7.90. The molecule has 0 spiro atoms. The topological polar surface area (TPSA) is 78.1 Å². The van der Waals surface area contributed by atoms with Gasteiger partial charge in [0.1, 0.15) is 11.5 Å². The normalized spacial score (nSPS) is 17.8. The molecule has 1 amide bonds. The summed E-state index contributed by atoms with van der Waals surface area (Å²) in [6.45, 7) is 2.81. The van der Waals surface area contributed by atoms with E-state index in [0.717, 1.165) is 25.7 Å². The van der Waals surface area contributed by atoms with E-state index in [1.165, 1.54) is 12.3 Å². The Morgan fingerprint density at radius 2 is 2.25 bits per heavy atom. The van der Waals surface area contributed by atoms with Crippen LogP contribution in [-0.2, 0) is 6.54 Å². The van der Waals surface area contributed by atoms with Gasteiger partial charge in [0, 0.05) is 31.4 Å². The molecule has 126 valence electrons. The minimum absolute atomic E-state index is 0.182. The number of rotatable bonds is 5. The predicted octanol–water partition coefficient (Wildman–Crippen LogP) is 1.16. The van der Waals surface area contributed by atoms with Gasteiger partial charge in [0.15, 0.2) is 0 Å². The molecule has 1 saturated heterocycles. The molecule has 1 aliphatic rings. The molecule has 0 unspecified atom stereocenters. The van der Waals surface area contributed by atoms with E-state index in [1.807, 2.05) is 6.07 Å². The van der Waals surface area contributed by atoms with Crippen molar-refractivity contribution in [2.75, 3.05) is 19.6 Å². The molecular weight excluding hydrogens is 311 g/mol. The van der Waals surface area contributed by atoms with Gasteiger partial charge in [0.05, 0.1) is 6.20 Å². The summed E-state index contributed by atoms with van der Waals surface area (Å²) >= 11 is 0. The molecule has 2 aromatic rings. The van der Waals surface area contributed by atoms with Crippen molar-refractivity contribution < 1.29 is 9.18 Å². The standard InChI is InChI=1S/C17H19FN4O2/c18-14-4-2-1-3-13(14)11-22-6-5-12(10-22)7-21-17(24)15-8-20-16(23)9-19-15/h1-4,8-9,12H,5-7,10-11H2,(H,20,23)(H,21,24)/t12-/m0/s1. The summed E-state index contributed by atoms with van der Waals surface area (Å²) in [6.07, 6.45) is 3.34. The van der Waals surface area contributed by atoms with Crippen LogP contribution in [-0.4, -0.2) is 40.4 Å². The molecule has 7 heteroatoms. The van der Waals surface area contributed by atoms with Gasteiger partial charge in [0.25, 0.3) is 11.5 Å². The molecule has 1 fully saturated rings. The van der Waals surface area contributed by atoms with Crippen molar-refractivity contribution in [2.24, 2.45) is 5.92 Å². The second kappa shape index (κ2) is 7.35. The Morgan fingerprint density at radius 1 is 1.42 bits per heavy atom. The first-order chi connectivity index (χ1) is 11.6. The Balaban J connectivity index is 1.48. The highest BCUT2D eigenvalue weighted by Crippen LogP contribution is 2.19. The summed E-state index contributed by atoms with van der Waals surface area (Å²) in [4.78, 5) is 31.3. The first kappa shape index (κ1) is 16.3. The second-order valence-electron chi connectivity index (χ2n) is 5.99. The summed E-state index contributed by atoms with van der Waals surface area (Å²) in [5.41, 5.74) is 0.543. The average molecular weight is 330 g/mol. The Bertz CT molecular complexity index is 757. The van der Waals surface area contributed by atoms with Gasteiger partial charge < -0.3 is 10.3 Å². The molecule has 3 rings (SSSR count). The fraction of sp³-hybridized carbons (Fsp3) is 0.353. The van der Waals surface area contributed by atoms with Crippen molar-refractivity contribution in [1.29, 1.82) is 0 Å². The summed E-state index contributed by atoms with van der Waals surface area (Å²) in [6, 6.07) is 6.79. The fourth-order valence-corrected chi connectivity index (χ4v) is 2.88. The first-order valence-corrected chi connectivity index (χ1v) is 7.90. The molecule has 1 aliphatic heterocycles. The Hall–Kier alpha value is -2.54. The van der Waals surface area contributed by atoms with Gasteiger partial charge in [0.2, 0.25) is 0 Å². The van der Waals surface area contributed by atoms with Crippen LogP contribution in [0.15, 0.2) is 41.5 Å².